The maximum absolute atomic E-state index is 9.57. The van der Waals surface area contributed by atoms with Crippen LogP contribution in [-0.4, -0.2) is 21.5 Å². The smallest absolute Gasteiger partial charge is 0.0775 e. The zero-order chi connectivity index (χ0) is 13.7. The van der Waals surface area contributed by atoms with Crippen LogP contribution < -0.4 is 5.32 Å². The van der Waals surface area contributed by atoms with Crippen LogP contribution in [0.1, 0.15) is 30.5 Å². The summed E-state index contributed by atoms with van der Waals surface area (Å²) in [6.45, 7) is 5.13. The second-order valence-electron chi connectivity index (χ2n) is 4.73. The molecule has 4 nitrogen and oxygen atoms in total. The molecule has 1 heterocycles. The number of aryl methyl sites for hydroxylation is 2. The third kappa shape index (κ3) is 3.35. The van der Waals surface area contributed by atoms with Crippen LogP contribution >= 0.6 is 0 Å². The first-order valence-corrected chi connectivity index (χ1v) is 6.70. The Labute approximate surface area is 114 Å². The van der Waals surface area contributed by atoms with Gasteiger partial charge in [-0.15, -0.1) is 0 Å². The van der Waals surface area contributed by atoms with E-state index < -0.39 is 0 Å². The molecule has 19 heavy (non-hydrogen) atoms. The largest absolute Gasteiger partial charge is 0.394 e. The summed E-state index contributed by atoms with van der Waals surface area (Å²) in [5.41, 5.74) is 3.23. The topological polar surface area (TPSA) is 50.1 Å². The van der Waals surface area contributed by atoms with Gasteiger partial charge >= 0.3 is 0 Å². The molecule has 1 unspecified atom stereocenters. The first-order chi connectivity index (χ1) is 9.24. The van der Waals surface area contributed by atoms with Gasteiger partial charge in [-0.1, -0.05) is 25.1 Å². The van der Waals surface area contributed by atoms with Crippen LogP contribution in [0.25, 0.3) is 0 Å². The lowest BCUT2D eigenvalue weighted by Gasteiger charge is -2.17. The Morgan fingerprint density at radius 2 is 2.16 bits per heavy atom. The van der Waals surface area contributed by atoms with E-state index in [2.05, 4.69) is 30.3 Å². The molecule has 2 N–H and O–H groups in total. The van der Waals surface area contributed by atoms with Crippen LogP contribution in [0.2, 0.25) is 0 Å². The number of hydrogen-bond donors (Lipinski definition) is 2. The molecule has 1 atom stereocenters. The van der Waals surface area contributed by atoms with E-state index in [1.165, 1.54) is 5.56 Å². The first-order valence-electron chi connectivity index (χ1n) is 6.70. The van der Waals surface area contributed by atoms with E-state index in [4.69, 9.17) is 0 Å². The zero-order valence-corrected chi connectivity index (χ0v) is 11.5. The average Bonchev–Trinajstić information content (AvgIpc) is 2.87. The summed E-state index contributed by atoms with van der Waals surface area (Å²) >= 11 is 0. The fourth-order valence-corrected chi connectivity index (χ4v) is 2.07. The zero-order valence-electron chi connectivity index (χ0n) is 11.5. The third-order valence-corrected chi connectivity index (χ3v) is 3.17. The highest BCUT2D eigenvalue weighted by Crippen LogP contribution is 2.21. The van der Waals surface area contributed by atoms with Crippen molar-refractivity contribution in [3.05, 3.63) is 47.8 Å². The Morgan fingerprint density at radius 3 is 2.84 bits per heavy atom. The van der Waals surface area contributed by atoms with Crippen molar-refractivity contribution < 1.29 is 5.11 Å². The highest BCUT2D eigenvalue weighted by atomic mass is 16.3. The lowest BCUT2D eigenvalue weighted by molar-refractivity contribution is 0.276. The second kappa shape index (κ2) is 6.38. The molecular formula is C15H21N3O. The summed E-state index contributed by atoms with van der Waals surface area (Å²) in [5.74, 6) is 0. The molecule has 1 aromatic heterocycles. The number of aliphatic hydroxyl groups is 1. The molecule has 0 aliphatic rings. The number of hydrogen-bond acceptors (Lipinski definition) is 3. The normalized spacial score (nSPS) is 12.4. The SMILES string of the molecule is CCCn1cc(C(CO)Nc2ccccc2C)cn1. The van der Waals surface area contributed by atoms with Crippen molar-refractivity contribution in [3.8, 4) is 0 Å². The molecule has 4 heteroatoms. The van der Waals surface area contributed by atoms with Crippen molar-refractivity contribution in [2.75, 3.05) is 11.9 Å². The standard InChI is InChI=1S/C15H21N3O/c1-3-8-18-10-13(9-16-18)15(11-19)17-14-7-5-4-6-12(14)2/h4-7,9-10,15,17,19H,3,8,11H2,1-2H3. The van der Waals surface area contributed by atoms with Crippen molar-refractivity contribution >= 4 is 5.69 Å². The Balaban J connectivity index is 2.13. The van der Waals surface area contributed by atoms with Gasteiger partial charge in [-0.3, -0.25) is 4.68 Å². The van der Waals surface area contributed by atoms with Crippen molar-refractivity contribution in [1.29, 1.82) is 0 Å². The molecule has 2 aromatic rings. The van der Waals surface area contributed by atoms with Crippen LogP contribution in [0.3, 0.4) is 0 Å². The average molecular weight is 259 g/mol. The number of rotatable bonds is 6. The Kier molecular flexibility index (Phi) is 4.58. The molecule has 0 fully saturated rings. The molecule has 0 saturated carbocycles. The van der Waals surface area contributed by atoms with Gasteiger partial charge in [-0.05, 0) is 25.0 Å². The molecule has 0 saturated heterocycles. The number of nitrogens with one attached hydrogen (secondary N) is 1. The maximum Gasteiger partial charge on any atom is 0.0775 e. The molecule has 0 radical (unpaired) electrons. The predicted octanol–water partition coefficient (Wildman–Crippen LogP) is 2.75. The van der Waals surface area contributed by atoms with Gasteiger partial charge in [0.05, 0.1) is 18.8 Å². The minimum Gasteiger partial charge on any atom is -0.394 e. The van der Waals surface area contributed by atoms with Crippen LogP contribution in [-0.2, 0) is 6.54 Å². The van der Waals surface area contributed by atoms with Gasteiger partial charge in [0, 0.05) is 24.0 Å². The van der Waals surface area contributed by atoms with E-state index in [1.54, 1.807) is 0 Å². The van der Waals surface area contributed by atoms with Gasteiger partial charge in [-0.25, -0.2) is 0 Å². The summed E-state index contributed by atoms with van der Waals surface area (Å²) in [6.07, 6.45) is 4.87. The lowest BCUT2D eigenvalue weighted by atomic mass is 10.1. The predicted molar refractivity (Wildman–Crippen MR) is 77.1 cm³/mol. The molecular weight excluding hydrogens is 238 g/mol. The van der Waals surface area contributed by atoms with E-state index >= 15 is 0 Å². The molecule has 0 amide bonds. The highest BCUT2D eigenvalue weighted by molar-refractivity contribution is 5.51. The van der Waals surface area contributed by atoms with Gasteiger partial charge in [0.2, 0.25) is 0 Å². The van der Waals surface area contributed by atoms with Gasteiger partial charge < -0.3 is 10.4 Å². The molecule has 0 bridgehead atoms. The minimum absolute atomic E-state index is 0.0478. The van der Waals surface area contributed by atoms with Crippen molar-refractivity contribution in [1.82, 2.24) is 9.78 Å². The Bertz CT molecular complexity index is 522. The van der Waals surface area contributed by atoms with E-state index in [9.17, 15) is 5.11 Å². The monoisotopic (exact) mass is 259 g/mol. The summed E-state index contributed by atoms with van der Waals surface area (Å²) in [5, 5.41) is 17.2. The Morgan fingerprint density at radius 1 is 1.37 bits per heavy atom. The molecule has 1 aromatic carbocycles. The molecule has 0 aliphatic heterocycles. The first kappa shape index (κ1) is 13.6. The van der Waals surface area contributed by atoms with Gasteiger partial charge in [-0.2, -0.15) is 5.10 Å². The maximum atomic E-state index is 9.57. The van der Waals surface area contributed by atoms with Crippen LogP contribution in [0.4, 0.5) is 5.69 Å². The number of benzene rings is 1. The van der Waals surface area contributed by atoms with Gasteiger partial charge in [0.1, 0.15) is 0 Å². The number of para-hydroxylation sites is 1. The lowest BCUT2D eigenvalue weighted by Crippen LogP contribution is -2.15. The van der Waals surface area contributed by atoms with E-state index in [-0.39, 0.29) is 12.6 Å². The van der Waals surface area contributed by atoms with Gasteiger partial charge in [0.25, 0.3) is 0 Å². The fraction of sp³-hybridized carbons (Fsp3) is 0.400. The quantitative estimate of drug-likeness (QED) is 0.838. The molecule has 102 valence electrons. The summed E-state index contributed by atoms with van der Waals surface area (Å²) in [6, 6.07) is 7.95. The molecule has 0 spiro atoms. The van der Waals surface area contributed by atoms with E-state index in [0.717, 1.165) is 24.2 Å². The van der Waals surface area contributed by atoms with Crippen LogP contribution in [0.15, 0.2) is 36.7 Å². The Hall–Kier alpha value is -1.81. The number of nitrogens with zero attached hydrogens (tertiary/aromatic N) is 2. The summed E-state index contributed by atoms with van der Waals surface area (Å²) in [7, 11) is 0. The summed E-state index contributed by atoms with van der Waals surface area (Å²) in [4.78, 5) is 0. The minimum atomic E-state index is -0.119. The molecule has 2 rings (SSSR count). The highest BCUT2D eigenvalue weighted by Gasteiger charge is 2.13. The third-order valence-electron chi connectivity index (χ3n) is 3.17. The van der Waals surface area contributed by atoms with Crippen molar-refractivity contribution in [2.45, 2.75) is 32.9 Å². The fourth-order valence-electron chi connectivity index (χ4n) is 2.07. The second-order valence-corrected chi connectivity index (χ2v) is 4.73. The number of anilines is 1. The molecule has 0 aliphatic carbocycles. The van der Waals surface area contributed by atoms with Crippen molar-refractivity contribution in [3.63, 3.8) is 0 Å². The van der Waals surface area contributed by atoms with Crippen LogP contribution in [0, 0.1) is 6.92 Å². The van der Waals surface area contributed by atoms with E-state index in [0.29, 0.717) is 0 Å². The van der Waals surface area contributed by atoms with Crippen molar-refractivity contribution in [2.24, 2.45) is 0 Å². The van der Waals surface area contributed by atoms with Crippen LogP contribution in [0.5, 0.6) is 0 Å². The van der Waals surface area contributed by atoms with E-state index in [1.807, 2.05) is 35.3 Å². The number of aliphatic hydroxyl groups excluding tert-OH is 1. The van der Waals surface area contributed by atoms with Gasteiger partial charge in [0.15, 0.2) is 0 Å². The summed E-state index contributed by atoms with van der Waals surface area (Å²) < 4.78 is 1.91. The number of aromatic nitrogens is 2.